The van der Waals surface area contributed by atoms with Gasteiger partial charge in [0.15, 0.2) is 0 Å². The average molecular weight is 469 g/mol. The molecule has 0 unspecified atom stereocenters. The summed E-state index contributed by atoms with van der Waals surface area (Å²) in [5.74, 6) is -0.808. The first-order valence-corrected chi connectivity index (χ1v) is 10.7. The van der Waals surface area contributed by atoms with Gasteiger partial charge in [-0.15, -0.1) is 0 Å². The Bertz CT molecular complexity index is 1230. The zero-order chi connectivity index (χ0) is 22.8. The summed E-state index contributed by atoms with van der Waals surface area (Å²) in [6.07, 6.45) is -4.61. The minimum absolute atomic E-state index is 0.0625. The number of benzene rings is 3. The molecule has 0 saturated heterocycles. The number of halogens is 4. The molecular formula is C21H16ClF3N2O3S. The monoisotopic (exact) mass is 468 g/mol. The van der Waals surface area contributed by atoms with Crippen molar-refractivity contribution in [2.45, 2.75) is 18.0 Å². The highest BCUT2D eigenvalue weighted by Crippen LogP contribution is 2.34. The van der Waals surface area contributed by atoms with Crippen LogP contribution in [0.1, 0.15) is 21.5 Å². The van der Waals surface area contributed by atoms with E-state index in [0.717, 1.165) is 18.2 Å². The zero-order valence-electron chi connectivity index (χ0n) is 16.0. The van der Waals surface area contributed by atoms with Crippen LogP contribution in [0.25, 0.3) is 0 Å². The molecule has 10 heteroatoms. The number of carbonyl (C=O) groups is 1. The molecule has 5 nitrogen and oxygen atoms in total. The van der Waals surface area contributed by atoms with Gasteiger partial charge in [0.1, 0.15) is 0 Å². The number of alkyl halides is 3. The van der Waals surface area contributed by atoms with Crippen molar-refractivity contribution in [2.24, 2.45) is 0 Å². The van der Waals surface area contributed by atoms with E-state index in [1.165, 1.54) is 12.1 Å². The van der Waals surface area contributed by atoms with Gasteiger partial charge in [0.05, 0.1) is 21.2 Å². The second-order valence-electron chi connectivity index (χ2n) is 6.60. The number of para-hydroxylation sites is 1. The van der Waals surface area contributed by atoms with Crippen molar-refractivity contribution in [3.8, 4) is 0 Å². The lowest BCUT2D eigenvalue weighted by Crippen LogP contribution is -2.17. The van der Waals surface area contributed by atoms with Crippen LogP contribution in [0.3, 0.4) is 0 Å². The van der Waals surface area contributed by atoms with Gasteiger partial charge in [-0.05, 0) is 55.0 Å². The van der Waals surface area contributed by atoms with Gasteiger partial charge in [-0.3, -0.25) is 9.52 Å². The highest BCUT2D eigenvalue weighted by Gasteiger charge is 2.31. The Morgan fingerprint density at radius 2 is 1.65 bits per heavy atom. The van der Waals surface area contributed by atoms with Gasteiger partial charge < -0.3 is 5.32 Å². The lowest BCUT2D eigenvalue weighted by Gasteiger charge is -2.14. The summed E-state index contributed by atoms with van der Waals surface area (Å²) < 4.78 is 66.8. The second kappa shape index (κ2) is 8.60. The fourth-order valence-electron chi connectivity index (χ4n) is 2.74. The fourth-order valence-corrected chi connectivity index (χ4v) is 4.23. The maximum Gasteiger partial charge on any atom is 0.416 e. The molecule has 0 aliphatic rings. The van der Waals surface area contributed by atoms with Crippen molar-refractivity contribution in [3.63, 3.8) is 0 Å². The molecule has 162 valence electrons. The van der Waals surface area contributed by atoms with E-state index in [1.54, 1.807) is 37.3 Å². The first kappa shape index (κ1) is 22.6. The Hall–Kier alpha value is -3.04. The molecule has 3 aromatic rings. The van der Waals surface area contributed by atoms with E-state index < -0.39 is 27.7 Å². The van der Waals surface area contributed by atoms with E-state index >= 15 is 0 Å². The number of carbonyl (C=O) groups excluding carboxylic acids is 1. The Kier molecular flexibility index (Phi) is 6.28. The molecule has 0 spiro atoms. The molecule has 0 aliphatic carbocycles. The normalized spacial score (nSPS) is 11.8. The van der Waals surface area contributed by atoms with Crippen molar-refractivity contribution in [2.75, 3.05) is 10.0 Å². The lowest BCUT2D eigenvalue weighted by atomic mass is 10.1. The van der Waals surface area contributed by atoms with Gasteiger partial charge >= 0.3 is 6.18 Å². The Balaban J connectivity index is 1.90. The van der Waals surface area contributed by atoms with E-state index in [0.29, 0.717) is 17.3 Å². The van der Waals surface area contributed by atoms with Crippen LogP contribution in [0.4, 0.5) is 24.5 Å². The number of hydrogen-bond donors (Lipinski definition) is 2. The Morgan fingerprint density at radius 1 is 0.968 bits per heavy atom. The number of rotatable bonds is 5. The fraction of sp³-hybridized carbons (Fsp3) is 0.0952. The van der Waals surface area contributed by atoms with Gasteiger partial charge in [0.2, 0.25) is 0 Å². The molecule has 0 bridgehead atoms. The summed E-state index contributed by atoms with van der Waals surface area (Å²) in [7, 11) is -4.01. The third-order valence-electron chi connectivity index (χ3n) is 4.31. The van der Waals surface area contributed by atoms with Crippen LogP contribution >= 0.6 is 11.6 Å². The van der Waals surface area contributed by atoms with E-state index in [1.807, 2.05) is 0 Å². The van der Waals surface area contributed by atoms with Crippen LogP contribution in [0.5, 0.6) is 0 Å². The van der Waals surface area contributed by atoms with Crippen molar-refractivity contribution >= 4 is 38.9 Å². The first-order chi connectivity index (χ1) is 14.5. The van der Waals surface area contributed by atoms with E-state index in [9.17, 15) is 26.4 Å². The molecule has 0 aromatic heterocycles. The van der Waals surface area contributed by atoms with Gasteiger partial charge in [0.25, 0.3) is 15.9 Å². The molecule has 0 atom stereocenters. The van der Waals surface area contributed by atoms with Crippen molar-refractivity contribution in [1.29, 1.82) is 0 Å². The molecular weight excluding hydrogens is 453 g/mol. The van der Waals surface area contributed by atoms with Crippen molar-refractivity contribution in [1.82, 2.24) is 0 Å². The highest BCUT2D eigenvalue weighted by molar-refractivity contribution is 7.92. The molecule has 31 heavy (non-hydrogen) atoms. The number of anilines is 2. The second-order valence-corrected chi connectivity index (χ2v) is 8.66. The van der Waals surface area contributed by atoms with E-state index in [-0.39, 0.29) is 21.2 Å². The molecule has 3 aromatic carbocycles. The summed E-state index contributed by atoms with van der Waals surface area (Å²) >= 11 is 5.91. The van der Waals surface area contributed by atoms with Gasteiger partial charge in [-0.2, -0.15) is 13.2 Å². The highest BCUT2D eigenvalue weighted by atomic mass is 35.5. The number of hydrogen-bond acceptors (Lipinski definition) is 3. The van der Waals surface area contributed by atoms with E-state index in [2.05, 4.69) is 10.0 Å². The molecule has 1 amide bonds. The van der Waals surface area contributed by atoms with Gasteiger partial charge in [-0.25, -0.2) is 8.42 Å². The van der Waals surface area contributed by atoms with Crippen LogP contribution in [-0.2, 0) is 16.2 Å². The Morgan fingerprint density at radius 3 is 2.29 bits per heavy atom. The molecule has 0 saturated carbocycles. The minimum Gasteiger partial charge on any atom is -0.321 e. The average Bonchev–Trinajstić information content (AvgIpc) is 2.69. The number of amides is 1. The van der Waals surface area contributed by atoms with Crippen molar-refractivity contribution < 1.29 is 26.4 Å². The maximum absolute atomic E-state index is 12.9. The molecule has 0 fully saturated rings. The zero-order valence-corrected chi connectivity index (χ0v) is 17.6. The van der Waals surface area contributed by atoms with Gasteiger partial charge in [-0.1, -0.05) is 35.9 Å². The summed E-state index contributed by atoms with van der Waals surface area (Å²) in [6.45, 7) is 1.56. The SMILES string of the molecule is Cc1ccc(C(=O)Nc2cc(C(F)(F)F)ccc2Cl)cc1S(=O)(=O)Nc1ccccc1. The third kappa shape index (κ3) is 5.36. The van der Waals surface area contributed by atoms with Crippen LogP contribution in [0.2, 0.25) is 5.02 Å². The van der Waals surface area contributed by atoms with Gasteiger partial charge in [0, 0.05) is 11.3 Å². The van der Waals surface area contributed by atoms with Crippen LogP contribution in [0.15, 0.2) is 71.6 Å². The predicted octanol–water partition coefficient (Wildman–Crippen LogP) is 5.72. The van der Waals surface area contributed by atoms with Crippen LogP contribution in [0, 0.1) is 6.92 Å². The Labute approximate surface area is 181 Å². The number of sulfonamides is 1. The third-order valence-corrected chi connectivity index (χ3v) is 6.16. The minimum atomic E-state index is -4.61. The number of aryl methyl sites for hydroxylation is 1. The summed E-state index contributed by atoms with van der Waals surface area (Å²) in [6, 6.07) is 14.7. The first-order valence-electron chi connectivity index (χ1n) is 8.84. The molecule has 0 aliphatic heterocycles. The summed E-state index contributed by atoms with van der Waals surface area (Å²) in [5, 5.41) is 2.21. The summed E-state index contributed by atoms with van der Waals surface area (Å²) in [4.78, 5) is 12.5. The quantitative estimate of drug-likeness (QED) is 0.503. The summed E-state index contributed by atoms with van der Waals surface area (Å²) in [5.41, 5.74) is -0.558. The lowest BCUT2D eigenvalue weighted by molar-refractivity contribution is -0.137. The predicted molar refractivity (Wildman–Crippen MR) is 113 cm³/mol. The maximum atomic E-state index is 12.9. The van der Waals surface area contributed by atoms with Crippen LogP contribution in [-0.4, -0.2) is 14.3 Å². The topological polar surface area (TPSA) is 75.3 Å². The largest absolute Gasteiger partial charge is 0.416 e. The van der Waals surface area contributed by atoms with Crippen LogP contribution < -0.4 is 10.0 Å². The molecule has 3 rings (SSSR count). The molecule has 0 radical (unpaired) electrons. The standard InChI is InChI=1S/C21H16ClF3N2O3S/c1-13-7-8-14(11-19(13)31(29,30)27-16-5-3-2-4-6-16)20(28)26-18-12-15(21(23,24)25)9-10-17(18)22/h2-12,27H,1H3,(H,26,28). The molecule has 0 heterocycles. The van der Waals surface area contributed by atoms with E-state index in [4.69, 9.17) is 11.6 Å². The smallest absolute Gasteiger partial charge is 0.321 e. The number of nitrogens with one attached hydrogen (secondary N) is 2. The van der Waals surface area contributed by atoms with Crippen molar-refractivity contribution in [3.05, 3.63) is 88.4 Å². The molecule has 2 N–H and O–H groups in total.